The van der Waals surface area contributed by atoms with E-state index in [4.69, 9.17) is 14.7 Å². The van der Waals surface area contributed by atoms with Gasteiger partial charge in [-0.1, -0.05) is 30.3 Å². The second-order valence-corrected chi connectivity index (χ2v) is 6.32. The van der Waals surface area contributed by atoms with E-state index in [0.717, 1.165) is 0 Å². The molecule has 8 nitrogen and oxygen atoms in total. The molecule has 1 atom stereocenters. The molecule has 0 fully saturated rings. The molecular formula is C22H19N3O5. The number of ether oxygens (including phenoxy) is 2. The number of nitriles is 1. The Morgan fingerprint density at radius 2 is 1.73 bits per heavy atom. The van der Waals surface area contributed by atoms with Gasteiger partial charge < -0.3 is 20.1 Å². The summed E-state index contributed by atoms with van der Waals surface area (Å²) in [6.45, 7) is 1.50. The predicted octanol–water partition coefficient (Wildman–Crippen LogP) is 2.59. The lowest BCUT2D eigenvalue weighted by Gasteiger charge is -2.29. The van der Waals surface area contributed by atoms with Crippen LogP contribution in [0, 0.1) is 11.3 Å². The molecule has 1 aliphatic heterocycles. The first-order valence-corrected chi connectivity index (χ1v) is 9.23. The molecule has 30 heavy (non-hydrogen) atoms. The summed E-state index contributed by atoms with van der Waals surface area (Å²) in [4.78, 5) is 37.2. The van der Waals surface area contributed by atoms with Gasteiger partial charge in [-0.25, -0.2) is 14.4 Å². The largest absolute Gasteiger partial charge is 0.463 e. The molecule has 0 unspecified atom stereocenters. The van der Waals surface area contributed by atoms with Gasteiger partial charge in [-0.3, -0.25) is 0 Å². The zero-order chi connectivity index (χ0) is 21.5. The van der Waals surface area contributed by atoms with Gasteiger partial charge in [0.05, 0.1) is 41.1 Å². The van der Waals surface area contributed by atoms with Crippen molar-refractivity contribution in [1.82, 2.24) is 10.6 Å². The lowest BCUT2D eigenvalue weighted by Crippen LogP contribution is -2.47. The van der Waals surface area contributed by atoms with Crippen LogP contribution in [0.4, 0.5) is 4.79 Å². The summed E-state index contributed by atoms with van der Waals surface area (Å²) >= 11 is 0. The number of nitrogens with one attached hydrogen (secondary N) is 2. The maximum atomic E-state index is 12.6. The van der Waals surface area contributed by atoms with Crippen LogP contribution in [0.5, 0.6) is 0 Å². The zero-order valence-corrected chi connectivity index (χ0v) is 16.2. The van der Waals surface area contributed by atoms with Crippen LogP contribution in [0.25, 0.3) is 0 Å². The fraction of sp³-hybridized carbons (Fsp3) is 0.182. The van der Waals surface area contributed by atoms with Crippen LogP contribution in [0.3, 0.4) is 0 Å². The molecule has 0 radical (unpaired) electrons. The lowest BCUT2D eigenvalue weighted by atomic mass is 9.95. The number of rotatable bonds is 6. The van der Waals surface area contributed by atoms with Crippen molar-refractivity contribution in [3.8, 4) is 6.07 Å². The Morgan fingerprint density at radius 3 is 2.37 bits per heavy atom. The molecule has 0 aliphatic carbocycles. The minimum absolute atomic E-state index is 0.146. The van der Waals surface area contributed by atoms with E-state index in [1.54, 1.807) is 31.2 Å². The van der Waals surface area contributed by atoms with E-state index in [0.29, 0.717) is 11.1 Å². The van der Waals surface area contributed by atoms with Crippen LogP contribution >= 0.6 is 0 Å². The minimum atomic E-state index is -0.748. The normalized spacial score (nSPS) is 15.5. The van der Waals surface area contributed by atoms with Gasteiger partial charge in [0.1, 0.15) is 6.61 Å². The fourth-order valence-electron chi connectivity index (χ4n) is 2.98. The predicted molar refractivity (Wildman–Crippen MR) is 106 cm³/mol. The third-order valence-electron chi connectivity index (χ3n) is 4.38. The number of carbonyl (C=O) groups excluding carboxylic acids is 3. The lowest BCUT2D eigenvalue weighted by molar-refractivity contribution is -0.139. The molecule has 0 saturated carbocycles. The smallest absolute Gasteiger partial charge is 0.338 e. The summed E-state index contributed by atoms with van der Waals surface area (Å²) in [5.74, 6) is -1.28. The number of nitrogens with zero attached hydrogens (tertiary/aromatic N) is 1. The van der Waals surface area contributed by atoms with Crippen LogP contribution < -0.4 is 10.6 Å². The van der Waals surface area contributed by atoms with Crippen LogP contribution in [0.2, 0.25) is 0 Å². The maximum absolute atomic E-state index is 12.6. The van der Waals surface area contributed by atoms with E-state index < -0.39 is 24.0 Å². The molecular weight excluding hydrogens is 386 g/mol. The van der Waals surface area contributed by atoms with Gasteiger partial charge in [0.2, 0.25) is 0 Å². The molecule has 0 aromatic heterocycles. The van der Waals surface area contributed by atoms with E-state index >= 15 is 0 Å². The number of esters is 2. The van der Waals surface area contributed by atoms with Crippen LogP contribution in [-0.4, -0.2) is 31.2 Å². The highest BCUT2D eigenvalue weighted by atomic mass is 16.5. The third kappa shape index (κ3) is 4.64. The number of hydrogen-bond donors (Lipinski definition) is 2. The summed E-state index contributed by atoms with van der Waals surface area (Å²) in [6.07, 6.45) is 0. The van der Waals surface area contributed by atoms with Crippen LogP contribution in [0.15, 0.2) is 65.9 Å². The van der Waals surface area contributed by atoms with E-state index in [2.05, 4.69) is 10.6 Å². The van der Waals surface area contributed by atoms with Crippen molar-refractivity contribution in [3.05, 3.63) is 82.6 Å². The second-order valence-electron chi connectivity index (χ2n) is 6.32. The average molecular weight is 405 g/mol. The highest BCUT2D eigenvalue weighted by molar-refractivity contribution is 5.95. The number of carbonyl (C=O) groups is 3. The molecule has 152 valence electrons. The average Bonchev–Trinajstić information content (AvgIpc) is 2.77. The fourth-order valence-corrected chi connectivity index (χ4v) is 2.98. The van der Waals surface area contributed by atoms with E-state index in [9.17, 15) is 14.4 Å². The Bertz CT molecular complexity index is 1020. The van der Waals surface area contributed by atoms with Gasteiger partial charge >= 0.3 is 18.0 Å². The monoisotopic (exact) mass is 405 g/mol. The highest BCUT2D eigenvalue weighted by Gasteiger charge is 2.34. The second kappa shape index (κ2) is 9.39. The molecule has 8 heteroatoms. The van der Waals surface area contributed by atoms with E-state index in [1.165, 1.54) is 24.3 Å². The van der Waals surface area contributed by atoms with Crippen molar-refractivity contribution in [1.29, 1.82) is 5.26 Å². The molecule has 1 heterocycles. The quantitative estimate of drug-likeness (QED) is 0.714. The summed E-state index contributed by atoms with van der Waals surface area (Å²) in [7, 11) is 0. The number of urea groups is 1. The molecule has 0 saturated heterocycles. The Kier molecular flexibility index (Phi) is 6.45. The molecule has 2 amide bonds. The van der Waals surface area contributed by atoms with Gasteiger partial charge in [0.25, 0.3) is 0 Å². The summed E-state index contributed by atoms with van der Waals surface area (Å²) in [6, 6.07) is 15.6. The standard InChI is InChI=1S/C22H19N3O5/c1-2-29-21(27)18-17(13-30-20(26)16-10-8-14(12-23)9-11-16)24-22(28)25-19(18)15-6-4-3-5-7-15/h3-11,19H,2,13H2,1H3,(H2,24,25,28)/t19-/m0/s1. The van der Waals surface area contributed by atoms with Crippen molar-refractivity contribution in [2.45, 2.75) is 13.0 Å². The Hall–Kier alpha value is -4.12. The highest BCUT2D eigenvalue weighted by Crippen LogP contribution is 2.28. The minimum Gasteiger partial charge on any atom is -0.463 e. The van der Waals surface area contributed by atoms with Gasteiger partial charge in [0.15, 0.2) is 0 Å². The maximum Gasteiger partial charge on any atom is 0.338 e. The van der Waals surface area contributed by atoms with E-state index in [-0.39, 0.29) is 30.0 Å². The molecule has 0 spiro atoms. The number of amides is 2. The Balaban J connectivity index is 1.88. The Labute approximate surface area is 173 Å². The number of benzene rings is 2. The van der Waals surface area contributed by atoms with Crippen molar-refractivity contribution >= 4 is 18.0 Å². The number of hydrogen-bond acceptors (Lipinski definition) is 6. The van der Waals surface area contributed by atoms with Crippen molar-refractivity contribution in [2.24, 2.45) is 0 Å². The van der Waals surface area contributed by atoms with Crippen molar-refractivity contribution in [2.75, 3.05) is 13.2 Å². The van der Waals surface area contributed by atoms with Crippen molar-refractivity contribution < 1.29 is 23.9 Å². The summed E-state index contributed by atoms with van der Waals surface area (Å²) in [5.41, 5.74) is 1.65. The van der Waals surface area contributed by atoms with Gasteiger partial charge in [-0.2, -0.15) is 5.26 Å². The Morgan fingerprint density at radius 1 is 1.03 bits per heavy atom. The van der Waals surface area contributed by atoms with E-state index in [1.807, 2.05) is 12.1 Å². The third-order valence-corrected chi connectivity index (χ3v) is 4.38. The van der Waals surface area contributed by atoms with Crippen LogP contribution in [0.1, 0.15) is 34.5 Å². The van der Waals surface area contributed by atoms with Gasteiger partial charge in [-0.05, 0) is 36.8 Å². The first kappa shape index (κ1) is 20.6. The molecule has 2 N–H and O–H groups in total. The van der Waals surface area contributed by atoms with Gasteiger partial charge in [0, 0.05) is 0 Å². The molecule has 1 aliphatic rings. The van der Waals surface area contributed by atoms with Crippen LogP contribution in [-0.2, 0) is 14.3 Å². The zero-order valence-electron chi connectivity index (χ0n) is 16.2. The SMILES string of the molecule is CCOC(=O)C1=C(COC(=O)c2ccc(C#N)cc2)NC(=O)N[C@H]1c1ccccc1. The van der Waals surface area contributed by atoms with Crippen molar-refractivity contribution in [3.63, 3.8) is 0 Å². The molecule has 2 aromatic carbocycles. The summed E-state index contributed by atoms with van der Waals surface area (Å²) < 4.78 is 10.5. The first-order chi connectivity index (χ1) is 14.5. The molecule has 0 bridgehead atoms. The molecule has 2 aromatic rings. The topological polar surface area (TPSA) is 118 Å². The summed E-state index contributed by atoms with van der Waals surface area (Å²) in [5, 5.41) is 14.1. The molecule has 3 rings (SSSR count). The first-order valence-electron chi connectivity index (χ1n) is 9.23. The van der Waals surface area contributed by atoms with Gasteiger partial charge in [-0.15, -0.1) is 0 Å².